The van der Waals surface area contributed by atoms with Crippen LogP contribution < -0.4 is 10.6 Å². The quantitative estimate of drug-likeness (QED) is 0.857. The van der Waals surface area contributed by atoms with Gasteiger partial charge in [-0.05, 0) is 57.9 Å². The Morgan fingerprint density at radius 2 is 1.55 bits per heavy atom. The maximum atomic E-state index is 12.2. The fourth-order valence-corrected chi connectivity index (χ4v) is 2.68. The van der Waals surface area contributed by atoms with Gasteiger partial charge >= 0.3 is 0 Å². The molecule has 20 heavy (non-hydrogen) atoms. The Hall–Kier alpha value is -1.51. The Balaban J connectivity index is 1.91. The van der Waals surface area contributed by atoms with Crippen molar-refractivity contribution in [3.05, 3.63) is 24.3 Å². The van der Waals surface area contributed by atoms with Crippen molar-refractivity contribution in [3.8, 4) is 0 Å². The molecule has 1 aromatic rings. The lowest BCUT2D eigenvalue weighted by atomic mass is 9.88. The Kier molecular flexibility index (Phi) is 4.69. The largest absolute Gasteiger partial charge is 0.380 e. The fraction of sp³-hybridized carbons (Fsp3) is 0.588. The van der Waals surface area contributed by atoms with Crippen LogP contribution in [0.15, 0.2) is 24.3 Å². The summed E-state index contributed by atoms with van der Waals surface area (Å²) < 4.78 is 0. The minimum atomic E-state index is 0.0485. The number of amides is 1. The van der Waals surface area contributed by atoms with Gasteiger partial charge in [0.1, 0.15) is 0 Å². The van der Waals surface area contributed by atoms with Gasteiger partial charge in [0, 0.05) is 22.8 Å². The highest BCUT2D eigenvalue weighted by Gasteiger charge is 2.20. The average Bonchev–Trinajstić information content (AvgIpc) is 2.40. The van der Waals surface area contributed by atoms with Crippen LogP contribution in [0.5, 0.6) is 0 Å². The van der Waals surface area contributed by atoms with Crippen LogP contribution in [-0.4, -0.2) is 11.4 Å². The lowest BCUT2D eigenvalue weighted by molar-refractivity contribution is -0.120. The monoisotopic (exact) mass is 274 g/mol. The van der Waals surface area contributed by atoms with E-state index in [-0.39, 0.29) is 17.4 Å². The number of hydrogen-bond acceptors (Lipinski definition) is 2. The standard InChI is InChI=1S/C17H26N2O/c1-17(2,3)19-15-11-9-14(10-12-15)18-16(20)13-7-5-4-6-8-13/h9-13,19H,4-8H2,1-3H3,(H,18,20). The van der Waals surface area contributed by atoms with E-state index in [0.717, 1.165) is 24.2 Å². The third-order valence-electron chi connectivity index (χ3n) is 3.65. The molecule has 3 heteroatoms. The van der Waals surface area contributed by atoms with Crippen molar-refractivity contribution in [1.29, 1.82) is 0 Å². The number of anilines is 2. The maximum absolute atomic E-state index is 12.2. The number of benzene rings is 1. The molecule has 1 saturated carbocycles. The highest BCUT2D eigenvalue weighted by atomic mass is 16.1. The first-order chi connectivity index (χ1) is 9.44. The molecule has 0 unspecified atom stereocenters. The Morgan fingerprint density at radius 3 is 2.10 bits per heavy atom. The van der Waals surface area contributed by atoms with Crippen LogP contribution in [0.1, 0.15) is 52.9 Å². The minimum absolute atomic E-state index is 0.0485. The second-order valence-corrected chi connectivity index (χ2v) is 6.78. The molecule has 0 radical (unpaired) electrons. The van der Waals surface area contributed by atoms with Gasteiger partial charge in [0.25, 0.3) is 0 Å². The first kappa shape index (κ1) is 14.9. The molecule has 3 nitrogen and oxygen atoms in total. The van der Waals surface area contributed by atoms with Gasteiger partial charge in [-0.25, -0.2) is 0 Å². The topological polar surface area (TPSA) is 41.1 Å². The summed E-state index contributed by atoms with van der Waals surface area (Å²) in [5.74, 6) is 0.386. The van der Waals surface area contributed by atoms with Crippen LogP contribution in [0.3, 0.4) is 0 Å². The molecule has 0 aromatic heterocycles. The van der Waals surface area contributed by atoms with E-state index in [2.05, 4.69) is 31.4 Å². The molecule has 1 aromatic carbocycles. The Bertz CT molecular complexity index is 439. The summed E-state index contributed by atoms with van der Waals surface area (Å²) in [6, 6.07) is 7.97. The van der Waals surface area contributed by atoms with Gasteiger partial charge in [-0.3, -0.25) is 4.79 Å². The van der Waals surface area contributed by atoms with Crippen molar-refractivity contribution in [2.45, 2.75) is 58.4 Å². The van der Waals surface area contributed by atoms with Crippen LogP contribution in [-0.2, 0) is 4.79 Å². The zero-order chi connectivity index (χ0) is 14.6. The van der Waals surface area contributed by atoms with E-state index in [0.29, 0.717) is 0 Å². The first-order valence-electron chi connectivity index (χ1n) is 7.63. The van der Waals surface area contributed by atoms with Crippen molar-refractivity contribution in [2.75, 3.05) is 10.6 Å². The van der Waals surface area contributed by atoms with Crippen molar-refractivity contribution in [1.82, 2.24) is 0 Å². The predicted octanol–water partition coefficient (Wildman–Crippen LogP) is 4.42. The molecule has 0 bridgehead atoms. The summed E-state index contributed by atoms with van der Waals surface area (Å²) in [4.78, 5) is 12.2. The number of nitrogens with one attached hydrogen (secondary N) is 2. The SMILES string of the molecule is CC(C)(C)Nc1ccc(NC(=O)C2CCCCC2)cc1. The first-order valence-corrected chi connectivity index (χ1v) is 7.63. The third-order valence-corrected chi connectivity index (χ3v) is 3.65. The van der Waals surface area contributed by atoms with Gasteiger partial charge in [-0.15, -0.1) is 0 Å². The molecule has 1 aliphatic carbocycles. The number of rotatable bonds is 3. The molecule has 0 atom stereocenters. The molecule has 2 rings (SSSR count). The van der Waals surface area contributed by atoms with Gasteiger partial charge in [-0.1, -0.05) is 19.3 Å². The average molecular weight is 274 g/mol. The van der Waals surface area contributed by atoms with Crippen LogP contribution in [0, 0.1) is 5.92 Å². The number of carbonyl (C=O) groups is 1. The zero-order valence-corrected chi connectivity index (χ0v) is 12.8. The molecule has 0 spiro atoms. The fourth-order valence-electron chi connectivity index (χ4n) is 2.68. The molecular formula is C17H26N2O. The van der Waals surface area contributed by atoms with Crippen LogP contribution >= 0.6 is 0 Å². The molecule has 0 heterocycles. The second kappa shape index (κ2) is 6.29. The summed E-state index contributed by atoms with van der Waals surface area (Å²) in [6.45, 7) is 6.39. The molecule has 0 saturated heterocycles. The van der Waals surface area contributed by atoms with Gasteiger partial charge in [0.15, 0.2) is 0 Å². The molecule has 1 amide bonds. The molecule has 1 aliphatic rings. The van der Waals surface area contributed by atoms with E-state index >= 15 is 0 Å². The lowest BCUT2D eigenvalue weighted by Crippen LogP contribution is -2.26. The van der Waals surface area contributed by atoms with Crippen molar-refractivity contribution in [2.24, 2.45) is 5.92 Å². The minimum Gasteiger partial charge on any atom is -0.380 e. The van der Waals surface area contributed by atoms with Crippen molar-refractivity contribution >= 4 is 17.3 Å². The predicted molar refractivity (Wildman–Crippen MR) is 85.0 cm³/mol. The normalized spacial score (nSPS) is 16.8. The van der Waals surface area contributed by atoms with E-state index in [1.54, 1.807) is 0 Å². The van der Waals surface area contributed by atoms with Crippen LogP contribution in [0.25, 0.3) is 0 Å². The van der Waals surface area contributed by atoms with Gasteiger partial charge in [0.2, 0.25) is 5.91 Å². The molecule has 2 N–H and O–H groups in total. The number of carbonyl (C=O) groups excluding carboxylic acids is 1. The van der Waals surface area contributed by atoms with Crippen molar-refractivity contribution < 1.29 is 4.79 Å². The van der Waals surface area contributed by atoms with E-state index in [1.165, 1.54) is 19.3 Å². The molecular weight excluding hydrogens is 248 g/mol. The molecule has 1 fully saturated rings. The summed E-state index contributed by atoms with van der Waals surface area (Å²) >= 11 is 0. The van der Waals surface area contributed by atoms with Crippen molar-refractivity contribution in [3.63, 3.8) is 0 Å². The van der Waals surface area contributed by atoms with E-state index in [1.807, 2.05) is 24.3 Å². The van der Waals surface area contributed by atoms with Gasteiger partial charge < -0.3 is 10.6 Å². The third kappa shape index (κ3) is 4.55. The van der Waals surface area contributed by atoms with Crippen LogP contribution in [0.2, 0.25) is 0 Å². The van der Waals surface area contributed by atoms with E-state index in [9.17, 15) is 4.79 Å². The second-order valence-electron chi connectivity index (χ2n) is 6.78. The highest BCUT2D eigenvalue weighted by Crippen LogP contribution is 2.25. The zero-order valence-electron chi connectivity index (χ0n) is 12.8. The smallest absolute Gasteiger partial charge is 0.227 e. The molecule has 110 valence electrons. The van der Waals surface area contributed by atoms with Gasteiger partial charge in [0.05, 0.1) is 0 Å². The van der Waals surface area contributed by atoms with E-state index in [4.69, 9.17) is 0 Å². The highest BCUT2D eigenvalue weighted by molar-refractivity contribution is 5.92. The van der Waals surface area contributed by atoms with Gasteiger partial charge in [-0.2, -0.15) is 0 Å². The summed E-state index contributed by atoms with van der Waals surface area (Å²) in [5, 5.41) is 6.45. The summed E-state index contributed by atoms with van der Waals surface area (Å²) in [7, 11) is 0. The molecule has 0 aliphatic heterocycles. The Labute approximate surface area is 122 Å². The lowest BCUT2D eigenvalue weighted by Gasteiger charge is -2.23. The Morgan fingerprint density at radius 1 is 1.00 bits per heavy atom. The summed E-state index contributed by atoms with van der Waals surface area (Å²) in [6.07, 6.45) is 5.72. The summed E-state index contributed by atoms with van der Waals surface area (Å²) in [5.41, 5.74) is 2.01. The van der Waals surface area contributed by atoms with Crippen LogP contribution in [0.4, 0.5) is 11.4 Å². The maximum Gasteiger partial charge on any atom is 0.227 e. The number of hydrogen-bond donors (Lipinski definition) is 2. The van der Waals surface area contributed by atoms with E-state index < -0.39 is 0 Å².